The van der Waals surface area contributed by atoms with Gasteiger partial charge in [-0.25, -0.2) is 0 Å². The standard InChI is InChI=1S/C11H17N/c1-10-5-2-3-8(4-6-10)12-9-7-11(9,10)12/h8-9H,2-7H2,1H3. The molecule has 5 rings (SSSR count). The van der Waals surface area contributed by atoms with Gasteiger partial charge in [0, 0.05) is 17.6 Å². The topological polar surface area (TPSA) is 3.01 Å². The van der Waals surface area contributed by atoms with Gasteiger partial charge in [0.1, 0.15) is 0 Å². The van der Waals surface area contributed by atoms with Crippen LogP contribution in [-0.4, -0.2) is 22.5 Å². The van der Waals surface area contributed by atoms with Crippen LogP contribution in [0.3, 0.4) is 0 Å². The number of hydrogen-bond acceptors (Lipinski definition) is 1. The first-order valence-electron chi connectivity index (χ1n) is 5.56. The highest BCUT2D eigenvalue weighted by molar-refractivity contribution is 5.42. The molecule has 0 amide bonds. The molecule has 2 bridgehead atoms. The molecule has 5 aliphatic rings. The summed E-state index contributed by atoms with van der Waals surface area (Å²) in [7, 11) is 0. The van der Waals surface area contributed by atoms with E-state index in [0.717, 1.165) is 23.0 Å². The average Bonchev–Trinajstić information content (AvgIpc) is 2.77. The lowest BCUT2D eigenvalue weighted by atomic mass is 9.74. The molecule has 2 saturated carbocycles. The van der Waals surface area contributed by atoms with Crippen molar-refractivity contribution in [2.75, 3.05) is 0 Å². The summed E-state index contributed by atoms with van der Waals surface area (Å²) in [5.41, 5.74) is 1.52. The van der Waals surface area contributed by atoms with Crippen LogP contribution >= 0.6 is 0 Å². The Morgan fingerprint density at radius 1 is 1.25 bits per heavy atom. The van der Waals surface area contributed by atoms with Gasteiger partial charge in [0.25, 0.3) is 0 Å². The van der Waals surface area contributed by atoms with Crippen molar-refractivity contribution in [2.24, 2.45) is 5.41 Å². The molecule has 0 N–H and O–H groups in total. The fourth-order valence-corrected chi connectivity index (χ4v) is 4.48. The maximum absolute atomic E-state index is 2.86. The summed E-state index contributed by atoms with van der Waals surface area (Å²) in [6, 6.07) is 2.08. The van der Waals surface area contributed by atoms with Crippen molar-refractivity contribution in [3.05, 3.63) is 0 Å². The average molecular weight is 163 g/mol. The molecule has 1 spiro atoms. The molecule has 0 radical (unpaired) electrons. The highest BCUT2D eigenvalue weighted by Crippen LogP contribution is 2.78. The Hall–Kier alpha value is -0.0400. The van der Waals surface area contributed by atoms with Gasteiger partial charge in [-0.05, 0) is 37.5 Å². The molecule has 5 atom stereocenters. The van der Waals surface area contributed by atoms with E-state index in [1.807, 2.05) is 0 Å². The zero-order valence-corrected chi connectivity index (χ0v) is 7.84. The molecular weight excluding hydrogens is 146 g/mol. The zero-order chi connectivity index (χ0) is 7.97. The number of nitrogens with zero attached hydrogens (tertiary/aromatic N) is 1. The van der Waals surface area contributed by atoms with E-state index in [9.17, 15) is 0 Å². The summed E-state index contributed by atoms with van der Waals surface area (Å²) in [5, 5.41) is 0. The van der Waals surface area contributed by atoms with Gasteiger partial charge in [-0.1, -0.05) is 13.3 Å². The van der Waals surface area contributed by atoms with Crippen LogP contribution in [0.5, 0.6) is 0 Å². The highest BCUT2D eigenvalue weighted by atomic mass is 15.5. The second-order valence-corrected chi connectivity index (χ2v) is 5.70. The van der Waals surface area contributed by atoms with E-state index in [4.69, 9.17) is 0 Å². The van der Waals surface area contributed by atoms with Crippen LogP contribution in [0.25, 0.3) is 0 Å². The summed E-state index contributed by atoms with van der Waals surface area (Å²) < 4.78 is 0. The van der Waals surface area contributed by atoms with E-state index in [1.54, 1.807) is 6.42 Å². The van der Waals surface area contributed by atoms with Crippen molar-refractivity contribution in [2.45, 2.75) is 63.1 Å². The number of fused-ring (bicyclic) bond motifs is 3. The quantitative estimate of drug-likeness (QED) is 0.495. The predicted molar refractivity (Wildman–Crippen MR) is 48.0 cm³/mol. The molecule has 2 aliphatic carbocycles. The summed E-state index contributed by atoms with van der Waals surface area (Å²) in [6.07, 6.45) is 9.13. The van der Waals surface area contributed by atoms with Crippen LogP contribution in [0.2, 0.25) is 0 Å². The smallest absolute Gasteiger partial charge is 0.0441 e. The van der Waals surface area contributed by atoms with Gasteiger partial charge in [-0.2, -0.15) is 0 Å². The van der Waals surface area contributed by atoms with E-state index in [1.165, 1.54) is 32.1 Å². The fraction of sp³-hybridized carbons (Fsp3) is 1.00. The Bertz CT molecular complexity index is 258. The minimum absolute atomic E-state index is 0.741. The second kappa shape index (κ2) is 1.50. The van der Waals surface area contributed by atoms with Crippen LogP contribution in [0.15, 0.2) is 0 Å². The van der Waals surface area contributed by atoms with Gasteiger partial charge >= 0.3 is 0 Å². The summed E-state index contributed by atoms with van der Waals surface area (Å²) in [5.74, 6) is 0. The van der Waals surface area contributed by atoms with Crippen LogP contribution in [0.4, 0.5) is 0 Å². The molecule has 0 aromatic carbocycles. The fourth-order valence-electron chi connectivity index (χ4n) is 4.48. The van der Waals surface area contributed by atoms with Gasteiger partial charge in [-0.3, -0.25) is 4.90 Å². The van der Waals surface area contributed by atoms with Gasteiger partial charge in [0.15, 0.2) is 0 Å². The van der Waals surface area contributed by atoms with E-state index >= 15 is 0 Å². The van der Waals surface area contributed by atoms with Crippen LogP contribution < -0.4 is 0 Å². The Morgan fingerprint density at radius 2 is 2.17 bits per heavy atom. The molecule has 1 nitrogen and oxygen atoms in total. The van der Waals surface area contributed by atoms with Gasteiger partial charge in [0.05, 0.1) is 0 Å². The first-order chi connectivity index (χ1) is 5.78. The van der Waals surface area contributed by atoms with Crippen molar-refractivity contribution in [1.29, 1.82) is 0 Å². The van der Waals surface area contributed by atoms with Crippen molar-refractivity contribution >= 4 is 0 Å². The first kappa shape index (κ1) is 6.42. The van der Waals surface area contributed by atoms with Crippen molar-refractivity contribution in [3.63, 3.8) is 0 Å². The number of hydrogen-bond donors (Lipinski definition) is 0. The minimum Gasteiger partial charge on any atom is -0.288 e. The molecule has 12 heavy (non-hydrogen) atoms. The largest absolute Gasteiger partial charge is 0.288 e. The van der Waals surface area contributed by atoms with E-state index in [2.05, 4.69) is 11.8 Å². The lowest BCUT2D eigenvalue weighted by Crippen LogP contribution is -2.42. The molecule has 0 aromatic rings. The molecule has 5 fully saturated rings. The lowest BCUT2D eigenvalue weighted by molar-refractivity contribution is 0.0920. The SMILES string of the molecule is CC12CCCC(CC1)N1C3CC312. The minimum atomic E-state index is 0.741. The maximum Gasteiger partial charge on any atom is 0.0441 e. The Morgan fingerprint density at radius 3 is 3.00 bits per heavy atom. The van der Waals surface area contributed by atoms with E-state index < -0.39 is 0 Å². The zero-order valence-electron chi connectivity index (χ0n) is 7.84. The predicted octanol–water partition coefficient (Wildman–Crippen LogP) is 2.17. The lowest BCUT2D eigenvalue weighted by Gasteiger charge is -2.40. The Labute approximate surface area is 74.1 Å². The van der Waals surface area contributed by atoms with Gasteiger partial charge < -0.3 is 0 Å². The van der Waals surface area contributed by atoms with E-state index in [0.29, 0.717) is 0 Å². The number of rotatable bonds is 0. The monoisotopic (exact) mass is 163 g/mol. The van der Waals surface area contributed by atoms with E-state index in [-0.39, 0.29) is 0 Å². The first-order valence-corrected chi connectivity index (χ1v) is 5.56. The third kappa shape index (κ3) is 0.433. The van der Waals surface area contributed by atoms with Crippen molar-refractivity contribution < 1.29 is 0 Å². The summed E-state index contributed by atoms with van der Waals surface area (Å²) >= 11 is 0. The van der Waals surface area contributed by atoms with Crippen LogP contribution in [0.1, 0.15) is 45.4 Å². The van der Waals surface area contributed by atoms with Crippen molar-refractivity contribution in [3.8, 4) is 0 Å². The molecular formula is C11H17N. The normalized spacial score (nSPS) is 71.2. The molecule has 0 aromatic heterocycles. The second-order valence-electron chi connectivity index (χ2n) is 5.70. The van der Waals surface area contributed by atoms with Gasteiger partial charge in [-0.15, -0.1) is 0 Å². The Kier molecular flexibility index (Phi) is 0.800. The maximum atomic E-state index is 2.86. The molecule has 3 heterocycles. The molecule has 66 valence electrons. The third-order valence-corrected chi connectivity index (χ3v) is 5.36. The highest BCUT2D eigenvalue weighted by Gasteiger charge is 2.86. The third-order valence-electron chi connectivity index (χ3n) is 5.36. The van der Waals surface area contributed by atoms with Crippen LogP contribution in [-0.2, 0) is 0 Å². The van der Waals surface area contributed by atoms with Crippen LogP contribution in [0, 0.1) is 5.41 Å². The molecule has 5 unspecified atom stereocenters. The Balaban J connectivity index is 1.85. The molecule has 3 saturated heterocycles. The summed E-state index contributed by atoms with van der Waals surface area (Å²) in [4.78, 5) is 2.86. The van der Waals surface area contributed by atoms with Gasteiger partial charge in [0.2, 0.25) is 0 Å². The molecule has 1 heteroatoms. The summed E-state index contributed by atoms with van der Waals surface area (Å²) in [6.45, 7) is 2.56. The molecule has 3 aliphatic heterocycles. The number of piperidine rings is 1. The van der Waals surface area contributed by atoms with Crippen molar-refractivity contribution in [1.82, 2.24) is 4.90 Å².